The van der Waals surface area contributed by atoms with Crippen LogP contribution in [0.1, 0.15) is 25.0 Å². The van der Waals surface area contributed by atoms with Gasteiger partial charge in [0.05, 0.1) is 16.5 Å². The zero-order valence-electron chi connectivity index (χ0n) is 17.8. The van der Waals surface area contributed by atoms with Crippen LogP contribution in [0, 0.1) is 0 Å². The van der Waals surface area contributed by atoms with Gasteiger partial charge in [0.25, 0.3) is 11.1 Å². The lowest BCUT2D eigenvalue weighted by Crippen LogP contribution is -2.27. The van der Waals surface area contributed by atoms with Crippen LogP contribution in [-0.4, -0.2) is 29.2 Å². The van der Waals surface area contributed by atoms with E-state index >= 15 is 0 Å². The lowest BCUT2D eigenvalue weighted by atomic mass is 10.1. The van der Waals surface area contributed by atoms with E-state index in [-0.39, 0.29) is 11.1 Å². The molecule has 0 N–H and O–H groups in total. The second kappa shape index (κ2) is 9.67. The number of amides is 2. The van der Waals surface area contributed by atoms with E-state index in [0.717, 1.165) is 22.7 Å². The largest absolute Gasteiger partial charge is 0.490 e. The Morgan fingerprint density at radius 1 is 1.00 bits per heavy atom. The number of hydrogen-bond acceptors (Lipinski definition) is 5. The number of fused-ring (bicyclic) bond motifs is 1. The first-order chi connectivity index (χ1) is 15.5. The Kier molecular flexibility index (Phi) is 6.72. The predicted molar refractivity (Wildman–Crippen MR) is 129 cm³/mol. The van der Waals surface area contributed by atoms with Crippen molar-refractivity contribution in [3.8, 4) is 11.5 Å². The average Bonchev–Trinajstić information content (AvgIpc) is 3.05. The van der Waals surface area contributed by atoms with Gasteiger partial charge in [-0.2, -0.15) is 0 Å². The van der Waals surface area contributed by atoms with E-state index in [1.54, 1.807) is 25.1 Å². The third-order valence-corrected chi connectivity index (χ3v) is 6.20. The van der Waals surface area contributed by atoms with Crippen molar-refractivity contribution >= 4 is 51.4 Å². The Bertz CT molecular complexity index is 1220. The normalized spacial score (nSPS) is 15.1. The molecule has 0 atom stereocenters. The van der Waals surface area contributed by atoms with Crippen molar-refractivity contribution in [2.24, 2.45) is 0 Å². The number of benzene rings is 3. The topological polar surface area (TPSA) is 55.8 Å². The zero-order valence-corrected chi connectivity index (χ0v) is 19.3. The van der Waals surface area contributed by atoms with Gasteiger partial charge >= 0.3 is 0 Å². The van der Waals surface area contributed by atoms with E-state index in [2.05, 4.69) is 24.3 Å². The fourth-order valence-electron chi connectivity index (χ4n) is 3.48. The highest BCUT2D eigenvalue weighted by atomic mass is 35.5. The van der Waals surface area contributed by atoms with Gasteiger partial charge < -0.3 is 9.47 Å². The van der Waals surface area contributed by atoms with Gasteiger partial charge in [-0.25, -0.2) is 0 Å². The van der Waals surface area contributed by atoms with Gasteiger partial charge in [0.15, 0.2) is 11.5 Å². The second-order valence-corrected chi connectivity index (χ2v) is 8.56. The molecule has 164 valence electrons. The summed E-state index contributed by atoms with van der Waals surface area (Å²) in [6.07, 6.45) is 1.65. The highest BCUT2D eigenvalue weighted by Crippen LogP contribution is 2.39. The van der Waals surface area contributed by atoms with Gasteiger partial charge in [0, 0.05) is 6.54 Å². The number of likely N-dealkylation sites (N-methyl/N-ethyl adjacent to an activating group) is 1. The molecule has 1 aliphatic rings. The molecule has 2 amide bonds. The molecule has 0 spiro atoms. The van der Waals surface area contributed by atoms with Crippen LogP contribution in [0.3, 0.4) is 0 Å². The van der Waals surface area contributed by atoms with Gasteiger partial charge in [-0.15, -0.1) is 0 Å². The van der Waals surface area contributed by atoms with Crippen LogP contribution >= 0.6 is 23.4 Å². The van der Waals surface area contributed by atoms with E-state index < -0.39 is 0 Å². The summed E-state index contributed by atoms with van der Waals surface area (Å²) in [6, 6.07) is 17.8. The van der Waals surface area contributed by atoms with Gasteiger partial charge in [-0.3, -0.25) is 14.5 Å². The van der Waals surface area contributed by atoms with Crippen LogP contribution in [0.4, 0.5) is 4.79 Å². The number of thioether (sulfide) groups is 1. The molecule has 0 bridgehead atoms. The first-order valence-electron chi connectivity index (χ1n) is 10.3. The monoisotopic (exact) mass is 467 g/mol. The molecule has 1 aliphatic heterocycles. The minimum atomic E-state index is -0.298. The molecule has 3 aromatic rings. The maximum atomic E-state index is 12.4. The highest BCUT2D eigenvalue weighted by molar-refractivity contribution is 8.18. The Balaban J connectivity index is 1.59. The summed E-state index contributed by atoms with van der Waals surface area (Å²) in [5.74, 6) is 0.635. The van der Waals surface area contributed by atoms with Crippen LogP contribution in [0.5, 0.6) is 11.5 Å². The number of carbonyl (C=O) groups is 2. The van der Waals surface area contributed by atoms with E-state index in [4.69, 9.17) is 21.1 Å². The predicted octanol–water partition coefficient (Wildman–Crippen LogP) is 6.53. The minimum Gasteiger partial charge on any atom is -0.490 e. The summed E-state index contributed by atoms with van der Waals surface area (Å²) in [7, 11) is 0. The Hall–Kier alpha value is -2.96. The van der Waals surface area contributed by atoms with Crippen molar-refractivity contribution in [3.63, 3.8) is 0 Å². The second-order valence-electron chi connectivity index (χ2n) is 7.16. The van der Waals surface area contributed by atoms with Gasteiger partial charge in [0.2, 0.25) is 0 Å². The minimum absolute atomic E-state index is 0.268. The van der Waals surface area contributed by atoms with Crippen LogP contribution in [0.15, 0.2) is 59.5 Å². The maximum Gasteiger partial charge on any atom is 0.293 e. The Morgan fingerprint density at radius 2 is 1.78 bits per heavy atom. The molecule has 1 saturated heterocycles. The third-order valence-electron chi connectivity index (χ3n) is 5.02. The van der Waals surface area contributed by atoms with Crippen LogP contribution < -0.4 is 9.47 Å². The summed E-state index contributed by atoms with van der Waals surface area (Å²) in [5, 5.41) is 2.41. The van der Waals surface area contributed by atoms with Crippen molar-refractivity contribution in [3.05, 3.63) is 75.7 Å². The van der Waals surface area contributed by atoms with Gasteiger partial charge in [0.1, 0.15) is 6.61 Å². The fraction of sp³-hybridized carbons (Fsp3) is 0.200. The van der Waals surface area contributed by atoms with Gasteiger partial charge in [-0.1, -0.05) is 48.0 Å². The quantitative estimate of drug-likeness (QED) is 0.370. The fourth-order valence-corrected chi connectivity index (χ4v) is 4.66. The number of carbonyl (C=O) groups excluding carboxylic acids is 2. The number of imide groups is 1. The van der Waals surface area contributed by atoms with Crippen molar-refractivity contribution in [1.29, 1.82) is 0 Å². The molecule has 0 aromatic heterocycles. The lowest BCUT2D eigenvalue weighted by Gasteiger charge is -2.15. The van der Waals surface area contributed by atoms with Crippen molar-refractivity contribution in [2.45, 2.75) is 20.5 Å². The van der Waals surface area contributed by atoms with Crippen LogP contribution in [0.25, 0.3) is 16.8 Å². The lowest BCUT2D eigenvalue weighted by molar-refractivity contribution is -0.122. The number of rotatable bonds is 7. The van der Waals surface area contributed by atoms with Crippen molar-refractivity contribution < 1.29 is 19.1 Å². The Morgan fingerprint density at radius 3 is 2.50 bits per heavy atom. The highest BCUT2D eigenvalue weighted by Gasteiger charge is 2.33. The van der Waals surface area contributed by atoms with E-state index in [9.17, 15) is 9.59 Å². The molecule has 1 heterocycles. The molecule has 32 heavy (non-hydrogen) atoms. The first kappa shape index (κ1) is 22.2. The molecule has 0 radical (unpaired) electrons. The molecule has 0 unspecified atom stereocenters. The van der Waals surface area contributed by atoms with E-state index in [1.807, 2.05) is 25.1 Å². The van der Waals surface area contributed by atoms with Crippen molar-refractivity contribution in [2.75, 3.05) is 13.2 Å². The molecule has 4 rings (SSSR count). The zero-order chi connectivity index (χ0) is 22.7. The number of halogens is 1. The molecular weight excluding hydrogens is 446 g/mol. The SMILES string of the molecule is CCOc1cc(/C=C2/SC(=O)N(CC)C2=O)cc(Cl)c1OCc1ccc2ccccc2c1. The molecule has 3 aromatic carbocycles. The van der Waals surface area contributed by atoms with E-state index in [0.29, 0.717) is 46.7 Å². The maximum absolute atomic E-state index is 12.4. The summed E-state index contributed by atoms with van der Waals surface area (Å²) in [4.78, 5) is 25.9. The van der Waals surface area contributed by atoms with Crippen LogP contribution in [0.2, 0.25) is 5.02 Å². The summed E-state index contributed by atoms with van der Waals surface area (Å²) < 4.78 is 11.8. The molecule has 7 heteroatoms. The van der Waals surface area contributed by atoms with Crippen molar-refractivity contribution in [1.82, 2.24) is 4.90 Å². The first-order valence-corrected chi connectivity index (χ1v) is 11.5. The standard InChI is InChI=1S/C25H22ClNO4S/c1-3-27-24(28)22(32-25(27)29)14-17-12-20(26)23(21(13-17)30-4-2)31-15-16-9-10-18-7-5-6-8-19(18)11-16/h5-14H,3-4,15H2,1-2H3/b22-14+. The molecular formula is C25H22ClNO4S. The average molecular weight is 468 g/mol. The summed E-state index contributed by atoms with van der Waals surface area (Å²) in [6.45, 7) is 4.75. The number of ether oxygens (including phenoxy) is 2. The Labute approximate surface area is 195 Å². The summed E-state index contributed by atoms with van der Waals surface area (Å²) in [5.41, 5.74) is 1.68. The van der Waals surface area contributed by atoms with Crippen LogP contribution in [-0.2, 0) is 11.4 Å². The summed E-state index contributed by atoms with van der Waals surface area (Å²) >= 11 is 7.46. The number of nitrogens with zero attached hydrogens (tertiary/aromatic N) is 1. The smallest absolute Gasteiger partial charge is 0.293 e. The molecule has 0 aliphatic carbocycles. The molecule has 5 nitrogen and oxygen atoms in total. The van der Waals surface area contributed by atoms with Gasteiger partial charge in [-0.05, 0) is 71.8 Å². The molecule has 1 fully saturated rings. The third kappa shape index (κ3) is 4.61. The van der Waals surface area contributed by atoms with E-state index in [1.165, 1.54) is 10.3 Å². The number of hydrogen-bond donors (Lipinski definition) is 0. The molecule has 0 saturated carbocycles.